The zero-order chi connectivity index (χ0) is 20.0. The molecule has 1 aromatic carbocycles. The lowest BCUT2D eigenvalue weighted by atomic mass is 9.87. The number of piperidine rings is 1. The number of halogens is 3. The molecule has 1 saturated heterocycles. The normalized spacial score (nSPS) is 20.3. The van der Waals surface area contributed by atoms with E-state index in [4.69, 9.17) is 4.74 Å². The van der Waals surface area contributed by atoms with Crippen molar-refractivity contribution in [1.29, 1.82) is 0 Å². The second-order valence-corrected chi connectivity index (χ2v) is 7.19. The van der Waals surface area contributed by atoms with E-state index in [0.717, 1.165) is 18.6 Å². The molecule has 1 aliphatic rings. The summed E-state index contributed by atoms with van der Waals surface area (Å²) in [5.74, 6) is 0.0387. The van der Waals surface area contributed by atoms with E-state index in [2.05, 4.69) is 24.5 Å². The minimum absolute atomic E-state index is 0.00500. The number of rotatable bonds is 7. The molecule has 27 heavy (non-hydrogen) atoms. The van der Waals surface area contributed by atoms with Gasteiger partial charge >= 0.3 is 6.18 Å². The average Bonchev–Trinajstić information content (AvgIpc) is 2.57. The molecule has 0 aliphatic carbocycles. The lowest BCUT2D eigenvalue weighted by molar-refractivity contribution is -0.137. The van der Waals surface area contributed by atoms with E-state index < -0.39 is 11.7 Å². The zero-order valence-corrected chi connectivity index (χ0v) is 15.4. The molecule has 8 heteroatoms. The third-order valence-electron chi connectivity index (χ3n) is 4.34. The molecule has 2 rings (SSSR count). The van der Waals surface area contributed by atoms with Crippen LogP contribution in [-0.2, 0) is 15.8 Å². The third-order valence-corrected chi connectivity index (χ3v) is 4.34. The summed E-state index contributed by atoms with van der Waals surface area (Å²) < 4.78 is 42.8. The molecule has 150 valence electrons. The molecule has 1 aliphatic heterocycles. The van der Waals surface area contributed by atoms with Crippen molar-refractivity contribution < 1.29 is 27.5 Å². The Labute approximate surface area is 156 Å². The van der Waals surface area contributed by atoms with Gasteiger partial charge in [-0.3, -0.25) is 9.59 Å². The molecule has 2 atom stereocenters. The predicted molar refractivity (Wildman–Crippen MR) is 94.1 cm³/mol. The van der Waals surface area contributed by atoms with Crippen molar-refractivity contribution in [3.8, 4) is 5.75 Å². The van der Waals surface area contributed by atoms with Gasteiger partial charge < -0.3 is 15.4 Å². The third kappa shape index (κ3) is 6.77. The van der Waals surface area contributed by atoms with Crippen molar-refractivity contribution >= 4 is 11.8 Å². The molecule has 1 heterocycles. The molecule has 0 radical (unpaired) electrons. The first-order valence-electron chi connectivity index (χ1n) is 9.02. The van der Waals surface area contributed by atoms with Crippen LogP contribution in [0.15, 0.2) is 24.3 Å². The van der Waals surface area contributed by atoms with Crippen LogP contribution in [0.2, 0.25) is 0 Å². The van der Waals surface area contributed by atoms with E-state index in [-0.39, 0.29) is 43.3 Å². The van der Waals surface area contributed by atoms with Crippen LogP contribution in [0.1, 0.15) is 38.7 Å². The summed E-state index contributed by atoms with van der Waals surface area (Å²) >= 11 is 0. The predicted octanol–water partition coefficient (Wildman–Crippen LogP) is 3.14. The van der Waals surface area contributed by atoms with Crippen molar-refractivity contribution in [3.63, 3.8) is 0 Å². The summed E-state index contributed by atoms with van der Waals surface area (Å²) in [5, 5.41) is 5.64. The van der Waals surface area contributed by atoms with Crippen LogP contribution in [0.3, 0.4) is 0 Å². The highest BCUT2D eigenvalue weighted by molar-refractivity contribution is 5.87. The SMILES string of the molecule is CC(C)C[C@H]1C[C@@H](C(=O)NCCOc2ccc(C(F)(F)F)cc2)CC(=O)N1. The van der Waals surface area contributed by atoms with Crippen molar-refractivity contribution in [2.24, 2.45) is 11.8 Å². The molecule has 0 spiro atoms. The number of nitrogens with one attached hydrogen (secondary N) is 2. The van der Waals surface area contributed by atoms with Crippen molar-refractivity contribution in [2.75, 3.05) is 13.2 Å². The molecule has 5 nitrogen and oxygen atoms in total. The maximum atomic E-state index is 12.5. The monoisotopic (exact) mass is 386 g/mol. The number of carbonyl (C=O) groups excluding carboxylic acids is 2. The highest BCUT2D eigenvalue weighted by atomic mass is 19.4. The van der Waals surface area contributed by atoms with Gasteiger partial charge in [0.2, 0.25) is 11.8 Å². The summed E-state index contributed by atoms with van der Waals surface area (Å²) in [6, 6.07) is 4.39. The smallest absolute Gasteiger partial charge is 0.416 e. The molecular weight excluding hydrogens is 361 g/mol. The van der Waals surface area contributed by atoms with Gasteiger partial charge in [0.1, 0.15) is 12.4 Å². The van der Waals surface area contributed by atoms with Crippen LogP contribution < -0.4 is 15.4 Å². The Morgan fingerprint density at radius 3 is 2.56 bits per heavy atom. The first kappa shape index (κ1) is 21.1. The first-order valence-corrected chi connectivity index (χ1v) is 9.02. The van der Waals surface area contributed by atoms with Crippen molar-refractivity contribution in [1.82, 2.24) is 10.6 Å². The highest BCUT2D eigenvalue weighted by Crippen LogP contribution is 2.30. The second kappa shape index (κ2) is 9.10. The maximum Gasteiger partial charge on any atom is 0.416 e. The maximum absolute atomic E-state index is 12.5. The number of hydrogen-bond acceptors (Lipinski definition) is 3. The lowest BCUT2D eigenvalue weighted by Gasteiger charge is -2.30. The van der Waals surface area contributed by atoms with Crippen LogP contribution in [-0.4, -0.2) is 31.0 Å². The van der Waals surface area contributed by atoms with Gasteiger partial charge in [-0.25, -0.2) is 0 Å². The Morgan fingerprint density at radius 2 is 1.96 bits per heavy atom. The number of amides is 2. The highest BCUT2D eigenvalue weighted by Gasteiger charge is 2.31. The molecule has 1 fully saturated rings. The summed E-state index contributed by atoms with van der Waals surface area (Å²) in [6.45, 7) is 4.47. The topological polar surface area (TPSA) is 67.4 Å². The molecule has 2 amide bonds. The van der Waals surface area contributed by atoms with E-state index >= 15 is 0 Å². The van der Waals surface area contributed by atoms with E-state index in [9.17, 15) is 22.8 Å². The van der Waals surface area contributed by atoms with Gasteiger partial charge in [0.05, 0.1) is 12.1 Å². The molecular formula is C19H25F3N2O3. The number of alkyl halides is 3. The van der Waals surface area contributed by atoms with Crippen LogP contribution in [0, 0.1) is 11.8 Å². The summed E-state index contributed by atoms with van der Waals surface area (Å²) in [4.78, 5) is 24.1. The van der Waals surface area contributed by atoms with Gasteiger partial charge in [-0.2, -0.15) is 13.2 Å². The van der Waals surface area contributed by atoms with Gasteiger partial charge in [-0.05, 0) is 43.0 Å². The summed E-state index contributed by atoms with van der Waals surface area (Å²) in [6.07, 6.45) is -2.78. The van der Waals surface area contributed by atoms with Crippen molar-refractivity contribution in [2.45, 2.75) is 45.3 Å². The van der Waals surface area contributed by atoms with E-state index in [1.165, 1.54) is 12.1 Å². The van der Waals surface area contributed by atoms with Crippen LogP contribution in [0.5, 0.6) is 5.75 Å². The van der Waals surface area contributed by atoms with Gasteiger partial charge in [0, 0.05) is 18.4 Å². The fourth-order valence-electron chi connectivity index (χ4n) is 3.15. The fraction of sp³-hybridized carbons (Fsp3) is 0.579. The Balaban J connectivity index is 1.74. The number of hydrogen-bond donors (Lipinski definition) is 2. The first-order chi connectivity index (χ1) is 12.6. The largest absolute Gasteiger partial charge is 0.492 e. The summed E-state index contributed by atoms with van der Waals surface area (Å²) in [5.41, 5.74) is -0.741. The van der Waals surface area contributed by atoms with E-state index in [1.54, 1.807) is 0 Å². The summed E-state index contributed by atoms with van der Waals surface area (Å²) in [7, 11) is 0. The molecule has 2 N–H and O–H groups in total. The molecule has 0 unspecified atom stereocenters. The molecule has 0 aromatic heterocycles. The zero-order valence-electron chi connectivity index (χ0n) is 15.4. The number of benzene rings is 1. The van der Waals surface area contributed by atoms with Gasteiger partial charge in [0.15, 0.2) is 0 Å². The minimum Gasteiger partial charge on any atom is -0.492 e. The standard InChI is InChI=1S/C19H25F3N2O3/c1-12(2)9-15-10-13(11-17(25)24-15)18(26)23-7-8-27-16-5-3-14(4-6-16)19(20,21)22/h3-6,12-13,15H,7-11H2,1-2H3,(H,23,26)(H,24,25)/t13-,15+/m1/s1. The van der Waals surface area contributed by atoms with E-state index in [1.807, 2.05) is 0 Å². The Kier molecular flexibility index (Phi) is 7.10. The second-order valence-electron chi connectivity index (χ2n) is 7.19. The molecule has 1 aromatic rings. The number of carbonyl (C=O) groups is 2. The van der Waals surface area contributed by atoms with E-state index in [0.29, 0.717) is 18.1 Å². The molecule has 0 saturated carbocycles. The van der Waals surface area contributed by atoms with Gasteiger partial charge in [-0.1, -0.05) is 13.8 Å². The van der Waals surface area contributed by atoms with Crippen LogP contribution >= 0.6 is 0 Å². The molecule has 0 bridgehead atoms. The number of ether oxygens (including phenoxy) is 1. The Morgan fingerprint density at radius 1 is 1.30 bits per heavy atom. The van der Waals surface area contributed by atoms with Crippen LogP contribution in [0.4, 0.5) is 13.2 Å². The van der Waals surface area contributed by atoms with Gasteiger partial charge in [-0.15, -0.1) is 0 Å². The average molecular weight is 386 g/mol. The van der Waals surface area contributed by atoms with Crippen LogP contribution in [0.25, 0.3) is 0 Å². The lowest BCUT2D eigenvalue weighted by Crippen LogP contribution is -2.47. The fourth-order valence-corrected chi connectivity index (χ4v) is 3.15. The van der Waals surface area contributed by atoms with Gasteiger partial charge in [0.25, 0.3) is 0 Å². The Bertz CT molecular complexity index is 645. The minimum atomic E-state index is -4.38. The van der Waals surface area contributed by atoms with Crippen molar-refractivity contribution in [3.05, 3.63) is 29.8 Å². The Hall–Kier alpha value is -2.25. The quantitative estimate of drug-likeness (QED) is 0.708.